The number of nitrogens with two attached hydrogens (primary N) is 1. The molecule has 0 spiro atoms. The average Bonchev–Trinajstić information content (AvgIpc) is 2.90. The van der Waals surface area contributed by atoms with Gasteiger partial charge in [-0.05, 0) is 26.7 Å². The molecule has 2 atom stereocenters. The molecule has 0 aromatic carbocycles. The fourth-order valence-electron chi connectivity index (χ4n) is 2.32. The molecule has 2 rings (SSSR count). The van der Waals surface area contributed by atoms with Crippen molar-refractivity contribution < 1.29 is 4.74 Å². The van der Waals surface area contributed by atoms with Gasteiger partial charge in [0.15, 0.2) is 0 Å². The highest BCUT2D eigenvalue weighted by Gasteiger charge is 2.49. The fourth-order valence-corrected chi connectivity index (χ4v) is 2.32. The third kappa shape index (κ3) is 1.60. The van der Waals surface area contributed by atoms with Crippen molar-refractivity contribution in [3.05, 3.63) is 0 Å². The molecule has 1 saturated carbocycles. The maximum Gasteiger partial charge on any atom is 0.0675 e. The predicted octanol–water partition coefficient (Wildman–Crippen LogP) is 0.587. The van der Waals surface area contributed by atoms with Gasteiger partial charge in [0, 0.05) is 24.7 Å². The predicted molar refractivity (Wildman–Crippen MR) is 52.6 cm³/mol. The minimum Gasteiger partial charge on any atom is -0.376 e. The van der Waals surface area contributed by atoms with E-state index in [9.17, 15) is 0 Å². The van der Waals surface area contributed by atoms with E-state index in [1.807, 2.05) is 0 Å². The van der Waals surface area contributed by atoms with Crippen LogP contribution in [0.2, 0.25) is 0 Å². The van der Waals surface area contributed by atoms with Crippen molar-refractivity contribution in [2.24, 2.45) is 5.73 Å². The highest BCUT2D eigenvalue weighted by Crippen LogP contribution is 2.42. The molecule has 2 N–H and O–H groups in total. The highest BCUT2D eigenvalue weighted by atomic mass is 16.5. The van der Waals surface area contributed by atoms with Gasteiger partial charge in [0.1, 0.15) is 0 Å². The maximum atomic E-state index is 5.82. The van der Waals surface area contributed by atoms with Crippen LogP contribution >= 0.6 is 0 Å². The fraction of sp³-hybridized carbons (Fsp3) is 1.00. The van der Waals surface area contributed by atoms with Crippen LogP contribution in [0.15, 0.2) is 0 Å². The van der Waals surface area contributed by atoms with Gasteiger partial charge in [0.25, 0.3) is 0 Å². The Balaban J connectivity index is 2.03. The lowest BCUT2D eigenvalue weighted by Crippen LogP contribution is -2.55. The Morgan fingerprint density at radius 3 is 2.69 bits per heavy atom. The van der Waals surface area contributed by atoms with E-state index < -0.39 is 0 Å². The van der Waals surface area contributed by atoms with E-state index in [1.54, 1.807) is 0 Å². The van der Waals surface area contributed by atoms with Crippen LogP contribution in [0.5, 0.6) is 0 Å². The third-order valence-corrected chi connectivity index (χ3v) is 3.42. The van der Waals surface area contributed by atoms with Gasteiger partial charge in [-0.3, -0.25) is 4.90 Å². The maximum absolute atomic E-state index is 5.82. The number of morpholine rings is 1. The van der Waals surface area contributed by atoms with Crippen molar-refractivity contribution >= 4 is 0 Å². The van der Waals surface area contributed by atoms with Gasteiger partial charge < -0.3 is 10.5 Å². The summed E-state index contributed by atoms with van der Waals surface area (Å²) >= 11 is 0. The van der Waals surface area contributed by atoms with Gasteiger partial charge in [-0.25, -0.2) is 0 Å². The smallest absolute Gasteiger partial charge is 0.0675 e. The van der Waals surface area contributed by atoms with Crippen LogP contribution in [-0.4, -0.2) is 42.3 Å². The summed E-state index contributed by atoms with van der Waals surface area (Å²) in [4.78, 5) is 2.56. The van der Waals surface area contributed by atoms with E-state index in [4.69, 9.17) is 10.5 Å². The summed E-state index contributed by atoms with van der Waals surface area (Å²) in [6.07, 6.45) is 2.93. The number of ether oxygens (including phenoxy) is 1. The minimum atomic E-state index is 0.345. The largest absolute Gasteiger partial charge is 0.376 e. The first kappa shape index (κ1) is 9.44. The lowest BCUT2D eigenvalue weighted by Gasteiger charge is -2.42. The monoisotopic (exact) mass is 184 g/mol. The summed E-state index contributed by atoms with van der Waals surface area (Å²) in [5.41, 5.74) is 6.17. The molecule has 0 aromatic rings. The molecule has 3 heteroatoms. The Morgan fingerprint density at radius 1 is 1.46 bits per heavy atom. The number of nitrogens with zero attached hydrogens (tertiary/aromatic N) is 1. The van der Waals surface area contributed by atoms with Crippen LogP contribution < -0.4 is 5.73 Å². The van der Waals surface area contributed by atoms with Gasteiger partial charge in [-0.15, -0.1) is 0 Å². The van der Waals surface area contributed by atoms with Crippen LogP contribution in [0, 0.1) is 0 Å². The molecule has 3 nitrogen and oxygen atoms in total. The normalized spacial score (nSPS) is 39.0. The summed E-state index contributed by atoms with van der Waals surface area (Å²) in [6, 6.07) is 0.544. The zero-order valence-electron chi connectivity index (χ0n) is 8.62. The molecule has 0 aromatic heterocycles. The van der Waals surface area contributed by atoms with Crippen molar-refractivity contribution in [3.63, 3.8) is 0 Å². The Hall–Kier alpha value is -0.120. The minimum absolute atomic E-state index is 0.345. The number of hydrogen-bond donors (Lipinski definition) is 1. The van der Waals surface area contributed by atoms with Crippen LogP contribution in [0.1, 0.15) is 26.7 Å². The zero-order valence-corrected chi connectivity index (χ0v) is 8.62. The van der Waals surface area contributed by atoms with E-state index in [1.165, 1.54) is 12.8 Å². The number of hydrogen-bond acceptors (Lipinski definition) is 3. The van der Waals surface area contributed by atoms with Gasteiger partial charge in [-0.2, -0.15) is 0 Å². The number of rotatable bonds is 2. The van der Waals surface area contributed by atoms with Gasteiger partial charge in [0.2, 0.25) is 0 Å². The topological polar surface area (TPSA) is 38.5 Å². The molecule has 1 aliphatic heterocycles. The van der Waals surface area contributed by atoms with Crippen molar-refractivity contribution in [1.82, 2.24) is 4.90 Å². The third-order valence-electron chi connectivity index (χ3n) is 3.42. The first-order chi connectivity index (χ1) is 6.18. The molecule has 0 radical (unpaired) electrons. The van der Waals surface area contributed by atoms with Crippen molar-refractivity contribution in [2.45, 2.75) is 44.4 Å². The molecular weight excluding hydrogens is 164 g/mol. The first-order valence-corrected chi connectivity index (χ1v) is 5.26. The van der Waals surface area contributed by atoms with Crippen molar-refractivity contribution in [2.75, 3.05) is 19.7 Å². The molecule has 1 aliphatic carbocycles. The quantitative estimate of drug-likeness (QED) is 0.682. The van der Waals surface area contributed by atoms with E-state index in [0.29, 0.717) is 17.7 Å². The summed E-state index contributed by atoms with van der Waals surface area (Å²) in [6.45, 7) is 7.11. The summed E-state index contributed by atoms with van der Waals surface area (Å²) in [5, 5.41) is 0. The molecule has 0 bridgehead atoms. The van der Waals surface area contributed by atoms with E-state index in [2.05, 4.69) is 18.7 Å². The second-order valence-electron chi connectivity index (χ2n) is 4.57. The SMILES string of the molecule is CC1CN(C2(CN)CC2)C(C)CO1. The Kier molecular flexibility index (Phi) is 2.34. The van der Waals surface area contributed by atoms with Crippen LogP contribution in [0.3, 0.4) is 0 Å². The van der Waals surface area contributed by atoms with Crippen LogP contribution in [-0.2, 0) is 4.74 Å². The summed E-state index contributed by atoms with van der Waals surface area (Å²) < 4.78 is 5.61. The molecule has 2 unspecified atom stereocenters. The van der Waals surface area contributed by atoms with E-state index >= 15 is 0 Å². The zero-order chi connectivity index (χ0) is 9.47. The standard InChI is InChI=1S/C10H20N2O/c1-8-6-13-9(2)5-12(8)10(7-11)3-4-10/h8-9H,3-7,11H2,1-2H3. The lowest BCUT2D eigenvalue weighted by molar-refractivity contribution is -0.0702. The Labute approximate surface area is 80.2 Å². The molecule has 76 valence electrons. The summed E-state index contributed by atoms with van der Waals surface area (Å²) in [5.74, 6) is 0. The highest BCUT2D eigenvalue weighted by molar-refractivity contribution is 5.07. The van der Waals surface area contributed by atoms with Crippen LogP contribution in [0.25, 0.3) is 0 Å². The van der Waals surface area contributed by atoms with E-state index in [0.717, 1.165) is 19.7 Å². The lowest BCUT2D eigenvalue weighted by atomic mass is 10.1. The molecule has 1 saturated heterocycles. The average molecular weight is 184 g/mol. The van der Waals surface area contributed by atoms with Crippen molar-refractivity contribution in [3.8, 4) is 0 Å². The Bertz CT molecular complexity index is 191. The molecule has 2 aliphatic rings. The second kappa shape index (κ2) is 3.23. The van der Waals surface area contributed by atoms with E-state index in [-0.39, 0.29) is 0 Å². The second-order valence-corrected chi connectivity index (χ2v) is 4.57. The molecular formula is C10H20N2O. The van der Waals surface area contributed by atoms with Gasteiger partial charge >= 0.3 is 0 Å². The molecule has 13 heavy (non-hydrogen) atoms. The van der Waals surface area contributed by atoms with Crippen molar-refractivity contribution in [1.29, 1.82) is 0 Å². The Morgan fingerprint density at radius 2 is 2.15 bits per heavy atom. The van der Waals surface area contributed by atoms with Gasteiger partial charge in [-0.1, -0.05) is 0 Å². The molecule has 2 fully saturated rings. The first-order valence-electron chi connectivity index (χ1n) is 5.26. The van der Waals surface area contributed by atoms with Crippen LogP contribution in [0.4, 0.5) is 0 Å². The molecule has 1 heterocycles. The van der Waals surface area contributed by atoms with Gasteiger partial charge in [0.05, 0.1) is 12.7 Å². The summed E-state index contributed by atoms with van der Waals surface area (Å²) in [7, 11) is 0. The molecule has 0 amide bonds.